The summed E-state index contributed by atoms with van der Waals surface area (Å²) in [5.41, 5.74) is 3.34. The van der Waals surface area contributed by atoms with Crippen LogP contribution in [0.3, 0.4) is 0 Å². The van der Waals surface area contributed by atoms with Crippen LogP contribution in [0.25, 0.3) is 33.5 Å². The standard InChI is InChI=1S/C24H22N4O6/c1-33-23-15(4-3-9-25-23)13-6-8-20(30)16(10-13)21-26-17-7-5-14(11-18(17)27-21)22(31)28-19(12-29)24(32)34-2/h3-11,19,29-30H,12H2,1-2H3,(H,26,27)(H,28,31). The lowest BCUT2D eigenvalue weighted by Crippen LogP contribution is -2.44. The van der Waals surface area contributed by atoms with Gasteiger partial charge >= 0.3 is 5.97 Å². The van der Waals surface area contributed by atoms with Gasteiger partial charge in [-0.2, -0.15) is 0 Å². The van der Waals surface area contributed by atoms with Gasteiger partial charge in [-0.3, -0.25) is 4.79 Å². The average molecular weight is 462 g/mol. The number of esters is 1. The van der Waals surface area contributed by atoms with Gasteiger partial charge in [-0.15, -0.1) is 0 Å². The molecule has 1 unspecified atom stereocenters. The van der Waals surface area contributed by atoms with Crippen LogP contribution in [0.2, 0.25) is 0 Å². The van der Waals surface area contributed by atoms with Gasteiger partial charge in [-0.1, -0.05) is 6.07 Å². The Morgan fingerprint density at radius 2 is 1.94 bits per heavy atom. The molecule has 0 aliphatic rings. The van der Waals surface area contributed by atoms with Crippen molar-refractivity contribution in [3.63, 3.8) is 0 Å². The van der Waals surface area contributed by atoms with Crippen molar-refractivity contribution >= 4 is 22.9 Å². The number of methoxy groups -OCH3 is 2. The van der Waals surface area contributed by atoms with E-state index in [0.29, 0.717) is 28.3 Å². The third-order valence-corrected chi connectivity index (χ3v) is 5.25. The molecule has 0 bridgehead atoms. The smallest absolute Gasteiger partial charge is 0.330 e. The Morgan fingerprint density at radius 1 is 1.12 bits per heavy atom. The van der Waals surface area contributed by atoms with Gasteiger partial charge in [0.25, 0.3) is 5.91 Å². The molecule has 0 fully saturated rings. The highest BCUT2D eigenvalue weighted by Crippen LogP contribution is 2.35. The van der Waals surface area contributed by atoms with Crippen molar-refractivity contribution in [1.29, 1.82) is 0 Å². The first-order chi connectivity index (χ1) is 16.4. The van der Waals surface area contributed by atoms with Crippen molar-refractivity contribution in [2.45, 2.75) is 6.04 Å². The van der Waals surface area contributed by atoms with Gasteiger partial charge < -0.3 is 30.0 Å². The summed E-state index contributed by atoms with van der Waals surface area (Å²) in [4.78, 5) is 36.1. The van der Waals surface area contributed by atoms with E-state index in [4.69, 9.17) is 4.74 Å². The Balaban J connectivity index is 1.67. The third-order valence-electron chi connectivity index (χ3n) is 5.25. The second-order valence-corrected chi connectivity index (χ2v) is 7.34. The van der Waals surface area contributed by atoms with Crippen molar-refractivity contribution in [2.75, 3.05) is 20.8 Å². The molecule has 0 aliphatic heterocycles. The molecule has 1 atom stereocenters. The fraction of sp³-hybridized carbons (Fsp3) is 0.167. The van der Waals surface area contributed by atoms with E-state index in [1.165, 1.54) is 14.2 Å². The number of amides is 1. The van der Waals surface area contributed by atoms with E-state index < -0.39 is 24.5 Å². The fourth-order valence-corrected chi connectivity index (χ4v) is 3.50. The summed E-state index contributed by atoms with van der Waals surface area (Å²) < 4.78 is 9.90. The predicted molar refractivity (Wildman–Crippen MR) is 123 cm³/mol. The summed E-state index contributed by atoms with van der Waals surface area (Å²) in [6.07, 6.45) is 1.63. The third kappa shape index (κ3) is 4.39. The minimum atomic E-state index is -1.17. The zero-order valence-electron chi connectivity index (χ0n) is 18.4. The maximum Gasteiger partial charge on any atom is 0.330 e. The molecule has 2 heterocycles. The first-order valence-corrected chi connectivity index (χ1v) is 10.3. The lowest BCUT2D eigenvalue weighted by molar-refractivity contribution is -0.143. The number of hydrogen-bond acceptors (Lipinski definition) is 8. The van der Waals surface area contributed by atoms with Crippen LogP contribution >= 0.6 is 0 Å². The Morgan fingerprint density at radius 3 is 2.68 bits per heavy atom. The van der Waals surface area contributed by atoms with Crippen LogP contribution in [0, 0.1) is 0 Å². The monoisotopic (exact) mass is 462 g/mol. The summed E-state index contributed by atoms with van der Waals surface area (Å²) >= 11 is 0. The normalized spacial score (nSPS) is 11.7. The number of aliphatic hydroxyl groups excluding tert-OH is 1. The highest BCUT2D eigenvalue weighted by Gasteiger charge is 2.22. The number of benzene rings is 2. The van der Waals surface area contributed by atoms with Gasteiger partial charge in [0, 0.05) is 17.3 Å². The lowest BCUT2D eigenvalue weighted by atomic mass is 10.0. The molecule has 1 amide bonds. The van der Waals surface area contributed by atoms with Crippen LogP contribution in [0.4, 0.5) is 0 Å². The predicted octanol–water partition coefficient (Wildman–Crippen LogP) is 2.27. The number of phenolic OH excluding ortho intramolecular Hbond substituents is 1. The average Bonchev–Trinajstić information content (AvgIpc) is 3.30. The van der Waals surface area contributed by atoms with Crippen molar-refractivity contribution in [1.82, 2.24) is 20.3 Å². The summed E-state index contributed by atoms with van der Waals surface area (Å²) in [5, 5.41) is 22.2. The van der Waals surface area contributed by atoms with Crippen LogP contribution < -0.4 is 10.1 Å². The van der Waals surface area contributed by atoms with E-state index >= 15 is 0 Å². The number of ether oxygens (including phenoxy) is 2. The first-order valence-electron chi connectivity index (χ1n) is 10.3. The van der Waals surface area contributed by atoms with E-state index in [1.54, 1.807) is 48.7 Å². The minimum Gasteiger partial charge on any atom is -0.507 e. The number of aromatic hydroxyl groups is 1. The molecule has 2 aromatic heterocycles. The zero-order chi connectivity index (χ0) is 24.2. The Labute approximate surface area is 194 Å². The van der Waals surface area contributed by atoms with Crippen LogP contribution in [-0.2, 0) is 9.53 Å². The number of phenols is 1. The van der Waals surface area contributed by atoms with Gasteiger partial charge in [0.1, 0.15) is 11.6 Å². The SMILES string of the molecule is COC(=O)C(CO)NC(=O)c1ccc2[nH]c(-c3cc(-c4cccnc4OC)ccc3O)nc2c1. The molecule has 174 valence electrons. The van der Waals surface area contributed by atoms with E-state index in [2.05, 4.69) is 25.0 Å². The number of imidazole rings is 1. The van der Waals surface area contributed by atoms with Gasteiger partial charge in [0.2, 0.25) is 5.88 Å². The van der Waals surface area contributed by atoms with Gasteiger partial charge in [0.05, 0.1) is 37.4 Å². The van der Waals surface area contributed by atoms with Crippen molar-refractivity contribution in [3.05, 3.63) is 60.3 Å². The Hall–Kier alpha value is -4.44. The number of nitrogens with zero attached hydrogens (tertiary/aromatic N) is 2. The van der Waals surface area contributed by atoms with Crippen LogP contribution in [0.15, 0.2) is 54.7 Å². The van der Waals surface area contributed by atoms with E-state index in [-0.39, 0.29) is 11.3 Å². The lowest BCUT2D eigenvalue weighted by Gasteiger charge is -2.13. The molecule has 0 radical (unpaired) electrons. The van der Waals surface area contributed by atoms with E-state index in [9.17, 15) is 19.8 Å². The maximum atomic E-state index is 12.5. The summed E-state index contributed by atoms with van der Waals surface area (Å²) in [7, 11) is 2.71. The molecule has 0 aliphatic carbocycles. The Kier molecular flexibility index (Phi) is 6.42. The summed E-state index contributed by atoms with van der Waals surface area (Å²) in [6.45, 7) is -0.593. The number of aromatic nitrogens is 3. The molecule has 0 spiro atoms. The Bertz CT molecular complexity index is 1370. The number of aromatic amines is 1. The number of hydrogen-bond donors (Lipinski definition) is 4. The minimum absolute atomic E-state index is 0.0208. The number of H-pyrrole nitrogens is 1. The van der Waals surface area contributed by atoms with Crippen LogP contribution in [0.1, 0.15) is 10.4 Å². The van der Waals surface area contributed by atoms with Crippen LogP contribution in [-0.4, -0.2) is 63.9 Å². The van der Waals surface area contributed by atoms with Crippen molar-refractivity contribution in [2.24, 2.45) is 0 Å². The quantitative estimate of drug-likeness (QED) is 0.306. The molecule has 10 nitrogen and oxygen atoms in total. The molecule has 4 N–H and O–H groups in total. The number of nitrogens with one attached hydrogen (secondary N) is 2. The van der Waals surface area contributed by atoms with Crippen LogP contribution in [0.5, 0.6) is 11.6 Å². The largest absolute Gasteiger partial charge is 0.507 e. The molecule has 0 saturated heterocycles. The molecular formula is C24H22N4O6. The molecule has 4 rings (SSSR count). The number of carbonyl (C=O) groups is 2. The number of rotatable bonds is 7. The highest BCUT2D eigenvalue weighted by molar-refractivity contribution is 5.99. The highest BCUT2D eigenvalue weighted by atomic mass is 16.5. The molecule has 34 heavy (non-hydrogen) atoms. The van der Waals surface area contributed by atoms with Gasteiger partial charge in [0.15, 0.2) is 6.04 Å². The molecule has 2 aromatic carbocycles. The summed E-state index contributed by atoms with van der Waals surface area (Å²) in [6, 6.07) is 12.3. The zero-order valence-corrected chi connectivity index (χ0v) is 18.4. The fourth-order valence-electron chi connectivity index (χ4n) is 3.50. The topological polar surface area (TPSA) is 147 Å². The maximum absolute atomic E-state index is 12.5. The second kappa shape index (κ2) is 9.59. The second-order valence-electron chi connectivity index (χ2n) is 7.34. The summed E-state index contributed by atoms with van der Waals surface area (Å²) in [5.74, 6) is -0.443. The van der Waals surface area contributed by atoms with Gasteiger partial charge in [-0.25, -0.2) is 14.8 Å². The number of carbonyl (C=O) groups excluding carboxylic acids is 2. The molecule has 0 saturated carbocycles. The number of fused-ring (bicyclic) bond motifs is 1. The molecule has 4 aromatic rings. The van der Waals surface area contributed by atoms with Gasteiger partial charge in [-0.05, 0) is 48.0 Å². The van der Waals surface area contributed by atoms with E-state index in [0.717, 1.165) is 11.1 Å². The van der Waals surface area contributed by atoms with E-state index in [1.807, 2.05) is 6.07 Å². The van der Waals surface area contributed by atoms with Crippen molar-refractivity contribution < 1.29 is 29.3 Å². The first kappa shape index (κ1) is 22.7. The van der Waals surface area contributed by atoms with Crippen molar-refractivity contribution in [3.8, 4) is 34.1 Å². The molecular weight excluding hydrogens is 440 g/mol. The number of pyridine rings is 1. The molecule has 10 heteroatoms. The number of aliphatic hydroxyl groups is 1.